The van der Waals surface area contributed by atoms with Crippen LogP contribution >= 0.6 is 0 Å². The molecule has 1 atom stereocenters. The van der Waals surface area contributed by atoms with Gasteiger partial charge in [-0.3, -0.25) is 4.98 Å². The van der Waals surface area contributed by atoms with Gasteiger partial charge in [-0.25, -0.2) is 0 Å². The van der Waals surface area contributed by atoms with Crippen LogP contribution in [0, 0.1) is 0 Å². The minimum atomic E-state index is -0.0891. The van der Waals surface area contributed by atoms with Gasteiger partial charge >= 0.3 is 0 Å². The molecule has 0 amide bonds. The maximum absolute atomic E-state index is 6.19. The fourth-order valence-electron chi connectivity index (χ4n) is 2.20. The highest BCUT2D eigenvalue weighted by molar-refractivity contribution is 5.76. The molecule has 1 aromatic carbocycles. The Labute approximate surface area is 93.9 Å². The molecule has 0 saturated heterocycles. The third-order valence-electron chi connectivity index (χ3n) is 3.02. The number of rotatable bonds is 1. The van der Waals surface area contributed by atoms with Crippen LogP contribution in [0.2, 0.25) is 0 Å². The van der Waals surface area contributed by atoms with Crippen LogP contribution in [0.3, 0.4) is 0 Å². The van der Waals surface area contributed by atoms with Crippen molar-refractivity contribution in [1.29, 1.82) is 0 Å². The second-order valence-electron chi connectivity index (χ2n) is 3.87. The first-order valence-electron chi connectivity index (χ1n) is 5.20. The zero-order valence-electron chi connectivity index (χ0n) is 8.97. The first-order valence-corrected chi connectivity index (χ1v) is 5.20. The van der Waals surface area contributed by atoms with E-state index in [0.29, 0.717) is 0 Å². The Bertz CT molecular complexity index is 551. The molecule has 2 N–H and O–H groups in total. The van der Waals surface area contributed by atoms with E-state index in [1.54, 1.807) is 13.3 Å². The van der Waals surface area contributed by atoms with E-state index in [0.717, 1.165) is 28.1 Å². The minimum absolute atomic E-state index is 0.0891. The quantitative estimate of drug-likeness (QED) is 0.787. The lowest BCUT2D eigenvalue weighted by atomic mass is 10.1. The second-order valence-corrected chi connectivity index (χ2v) is 3.87. The molecule has 80 valence electrons. The third kappa shape index (κ3) is 1.15. The molecule has 0 bridgehead atoms. The van der Waals surface area contributed by atoms with Crippen molar-refractivity contribution in [3.8, 4) is 17.0 Å². The number of methoxy groups -OCH3 is 1. The van der Waals surface area contributed by atoms with Crippen LogP contribution in [0.5, 0.6) is 5.75 Å². The molecule has 16 heavy (non-hydrogen) atoms. The van der Waals surface area contributed by atoms with Gasteiger partial charge in [0.1, 0.15) is 5.75 Å². The second kappa shape index (κ2) is 3.32. The maximum Gasteiger partial charge on any atom is 0.119 e. The molecule has 0 fully saturated rings. The summed E-state index contributed by atoms with van der Waals surface area (Å²) in [5.74, 6) is 0.835. The van der Waals surface area contributed by atoms with Gasteiger partial charge in [-0.1, -0.05) is 6.07 Å². The Morgan fingerprint density at radius 1 is 1.25 bits per heavy atom. The van der Waals surface area contributed by atoms with E-state index in [1.807, 2.05) is 30.3 Å². The van der Waals surface area contributed by atoms with Crippen molar-refractivity contribution in [2.24, 2.45) is 5.73 Å². The summed E-state index contributed by atoms with van der Waals surface area (Å²) in [4.78, 5) is 4.39. The average Bonchev–Trinajstić information content (AvgIpc) is 2.64. The molecule has 1 unspecified atom stereocenters. The molecular weight excluding hydrogens is 200 g/mol. The van der Waals surface area contributed by atoms with Crippen molar-refractivity contribution < 1.29 is 4.74 Å². The predicted octanol–water partition coefficient (Wildman–Crippen LogP) is 2.12. The Hall–Kier alpha value is -1.87. The van der Waals surface area contributed by atoms with Crippen LogP contribution in [0.1, 0.15) is 17.2 Å². The molecule has 3 rings (SSSR count). The molecule has 0 radical (unpaired) electrons. The van der Waals surface area contributed by atoms with Crippen molar-refractivity contribution in [1.82, 2.24) is 4.98 Å². The number of aromatic nitrogens is 1. The monoisotopic (exact) mass is 212 g/mol. The van der Waals surface area contributed by atoms with E-state index >= 15 is 0 Å². The molecule has 0 aliphatic heterocycles. The molecule has 1 aromatic heterocycles. The van der Waals surface area contributed by atoms with Gasteiger partial charge in [0.2, 0.25) is 0 Å². The fraction of sp³-hybridized carbons (Fsp3) is 0.154. The van der Waals surface area contributed by atoms with Gasteiger partial charge in [-0.2, -0.15) is 0 Å². The van der Waals surface area contributed by atoms with Crippen LogP contribution in [0.15, 0.2) is 36.5 Å². The van der Waals surface area contributed by atoms with Crippen molar-refractivity contribution >= 4 is 0 Å². The smallest absolute Gasteiger partial charge is 0.119 e. The highest BCUT2D eigenvalue weighted by atomic mass is 16.5. The van der Waals surface area contributed by atoms with Crippen LogP contribution < -0.4 is 10.5 Å². The average molecular weight is 212 g/mol. The summed E-state index contributed by atoms with van der Waals surface area (Å²) in [6, 6.07) is 9.80. The molecule has 0 spiro atoms. The number of pyridine rings is 1. The lowest BCUT2D eigenvalue weighted by Gasteiger charge is -2.07. The Morgan fingerprint density at radius 2 is 2.12 bits per heavy atom. The van der Waals surface area contributed by atoms with Gasteiger partial charge < -0.3 is 10.5 Å². The number of fused-ring (bicyclic) bond motifs is 3. The van der Waals surface area contributed by atoms with Gasteiger partial charge in [0, 0.05) is 11.8 Å². The van der Waals surface area contributed by atoms with Crippen molar-refractivity contribution in [3.05, 3.63) is 47.7 Å². The Kier molecular flexibility index (Phi) is 1.94. The van der Waals surface area contributed by atoms with E-state index in [2.05, 4.69) is 4.98 Å². The Balaban J connectivity index is 2.24. The number of hydrogen-bond acceptors (Lipinski definition) is 3. The van der Waals surface area contributed by atoms with Gasteiger partial charge in [0.05, 0.1) is 18.8 Å². The number of benzene rings is 1. The summed E-state index contributed by atoms with van der Waals surface area (Å²) in [7, 11) is 1.66. The van der Waals surface area contributed by atoms with Gasteiger partial charge in [0.15, 0.2) is 0 Å². The third-order valence-corrected chi connectivity index (χ3v) is 3.02. The zero-order chi connectivity index (χ0) is 11.1. The van der Waals surface area contributed by atoms with E-state index in [1.165, 1.54) is 0 Å². The van der Waals surface area contributed by atoms with Crippen LogP contribution in [0.25, 0.3) is 11.3 Å². The zero-order valence-corrected chi connectivity index (χ0v) is 8.97. The van der Waals surface area contributed by atoms with Crippen LogP contribution in [-0.2, 0) is 0 Å². The van der Waals surface area contributed by atoms with Crippen LogP contribution in [-0.4, -0.2) is 12.1 Å². The Morgan fingerprint density at radius 3 is 2.94 bits per heavy atom. The predicted molar refractivity (Wildman–Crippen MR) is 62.3 cm³/mol. The number of hydrogen-bond donors (Lipinski definition) is 1. The fourth-order valence-corrected chi connectivity index (χ4v) is 2.20. The summed E-state index contributed by atoms with van der Waals surface area (Å²) in [5.41, 5.74) is 10.5. The first kappa shape index (κ1) is 9.36. The molecule has 2 aromatic rings. The van der Waals surface area contributed by atoms with Crippen molar-refractivity contribution in [2.75, 3.05) is 7.11 Å². The van der Waals surface area contributed by atoms with Crippen molar-refractivity contribution in [3.63, 3.8) is 0 Å². The van der Waals surface area contributed by atoms with Crippen LogP contribution in [0.4, 0.5) is 0 Å². The summed E-state index contributed by atoms with van der Waals surface area (Å²) in [5, 5.41) is 0. The maximum atomic E-state index is 6.19. The lowest BCUT2D eigenvalue weighted by molar-refractivity contribution is 0.414. The molecule has 1 heterocycles. The summed E-state index contributed by atoms with van der Waals surface area (Å²) >= 11 is 0. The highest BCUT2D eigenvalue weighted by Gasteiger charge is 2.26. The molecule has 3 heteroatoms. The summed E-state index contributed by atoms with van der Waals surface area (Å²) in [6.07, 6.45) is 1.80. The first-order chi connectivity index (χ1) is 7.81. The minimum Gasteiger partial charge on any atom is -0.497 e. The molecular formula is C13H12N2O. The number of nitrogens with two attached hydrogens (primary N) is 1. The number of nitrogens with zero attached hydrogens (tertiary/aromatic N) is 1. The van der Waals surface area contributed by atoms with Gasteiger partial charge in [0.25, 0.3) is 0 Å². The van der Waals surface area contributed by atoms with E-state index < -0.39 is 0 Å². The topological polar surface area (TPSA) is 48.1 Å². The molecule has 1 aliphatic rings. The standard InChI is InChI=1S/C13H12N2O/c1-16-8-4-5-9-11(7-8)12(14)10-3-2-6-15-13(9)10/h2-7,12H,14H2,1H3. The highest BCUT2D eigenvalue weighted by Crippen LogP contribution is 2.41. The molecule has 0 saturated carbocycles. The summed E-state index contributed by atoms with van der Waals surface area (Å²) < 4.78 is 5.21. The van der Waals surface area contributed by atoms with Gasteiger partial charge in [-0.05, 0) is 35.4 Å². The van der Waals surface area contributed by atoms with E-state index in [-0.39, 0.29) is 6.04 Å². The molecule has 3 nitrogen and oxygen atoms in total. The van der Waals surface area contributed by atoms with E-state index in [4.69, 9.17) is 10.5 Å². The van der Waals surface area contributed by atoms with Crippen molar-refractivity contribution in [2.45, 2.75) is 6.04 Å². The summed E-state index contributed by atoms with van der Waals surface area (Å²) in [6.45, 7) is 0. The lowest BCUT2D eigenvalue weighted by Crippen LogP contribution is -2.08. The van der Waals surface area contributed by atoms with E-state index in [9.17, 15) is 0 Å². The van der Waals surface area contributed by atoms with Gasteiger partial charge in [-0.15, -0.1) is 0 Å². The normalized spacial score (nSPS) is 16.8. The SMILES string of the molecule is COc1ccc2c(c1)C(N)c1cccnc1-2. The molecule has 1 aliphatic carbocycles. The largest absolute Gasteiger partial charge is 0.497 e. The number of ether oxygens (including phenoxy) is 1.